The minimum absolute atomic E-state index is 0.0885. The standard InChI is InChI=1S/C14H20N4O2/c15-10-1-2-12-13(9-10)17-14(16-12)18-5-3-11(4-6-18)20-8-7-19/h1-2,9,11,19H,3-8,15H2,(H,16,17). The molecule has 1 aliphatic heterocycles. The number of nitrogen functional groups attached to an aromatic ring is 1. The molecule has 6 heteroatoms. The van der Waals surface area contributed by atoms with Gasteiger partial charge in [-0.25, -0.2) is 4.98 Å². The highest BCUT2D eigenvalue weighted by molar-refractivity contribution is 5.80. The highest BCUT2D eigenvalue weighted by atomic mass is 16.5. The Hall–Kier alpha value is -1.79. The van der Waals surface area contributed by atoms with Crippen molar-refractivity contribution in [2.75, 3.05) is 36.9 Å². The van der Waals surface area contributed by atoms with E-state index in [0.29, 0.717) is 6.61 Å². The van der Waals surface area contributed by atoms with E-state index in [1.165, 1.54) is 0 Å². The number of nitrogens with zero attached hydrogens (tertiary/aromatic N) is 2. The van der Waals surface area contributed by atoms with Crippen LogP contribution in [0.15, 0.2) is 18.2 Å². The number of nitrogens with one attached hydrogen (secondary N) is 1. The third-order valence-corrected chi connectivity index (χ3v) is 3.68. The van der Waals surface area contributed by atoms with Crippen LogP contribution in [0.1, 0.15) is 12.8 Å². The zero-order valence-electron chi connectivity index (χ0n) is 11.4. The second-order valence-corrected chi connectivity index (χ2v) is 5.12. The number of aliphatic hydroxyl groups excluding tert-OH is 1. The Labute approximate surface area is 117 Å². The van der Waals surface area contributed by atoms with Crippen LogP contribution < -0.4 is 10.6 Å². The van der Waals surface area contributed by atoms with Gasteiger partial charge in [0, 0.05) is 18.8 Å². The van der Waals surface area contributed by atoms with Gasteiger partial charge in [0.15, 0.2) is 0 Å². The molecule has 2 heterocycles. The predicted molar refractivity (Wildman–Crippen MR) is 78.8 cm³/mol. The normalized spacial score (nSPS) is 16.9. The summed E-state index contributed by atoms with van der Waals surface area (Å²) in [5, 5.41) is 8.77. The highest BCUT2D eigenvalue weighted by Gasteiger charge is 2.21. The summed E-state index contributed by atoms with van der Waals surface area (Å²) in [4.78, 5) is 10.1. The van der Waals surface area contributed by atoms with E-state index in [4.69, 9.17) is 15.6 Å². The lowest BCUT2D eigenvalue weighted by molar-refractivity contribution is 0.0158. The molecule has 0 spiro atoms. The maximum absolute atomic E-state index is 8.77. The van der Waals surface area contributed by atoms with Crippen LogP contribution >= 0.6 is 0 Å². The van der Waals surface area contributed by atoms with Crippen LogP contribution in [-0.2, 0) is 4.74 Å². The van der Waals surface area contributed by atoms with Crippen LogP contribution in [0.3, 0.4) is 0 Å². The van der Waals surface area contributed by atoms with Crippen LogP contribution in [0, 0.1) is 0 Å². The van der Waals surface area contributed by atoms with Gasteiger partial charge in [-0.3, -0.25) is 0 Å². The van der Waals surface area contributed by atoms with Gasteiger partial charge >= 0.3 is 0 Å². The zero-order valence-corrected chi connectivity index (χ0v) is 11.4. The van der Waals surface area contributed by atoms with E-state index in [1.54, 1.807) is 0 Å². The SMILES string of the molecule is Nc1ccc2nc(N3CCC(OCCO)CC3)[nH]c2c1. The van der Waals surface area contributed by atoms with Gasteiger partial charge in [0.1, 0.15) is 0 Å². The van der Waals surface area contributed by atoms with Gasteiger partial charge in [0.2, 0.25) is 5.95 Å². The highest BCUT2D eigenvalue weighted by Crippen LogP contribution is 2.23. The van der Waals surface area contributed by atoms with Crippen molar-refractivity contribution in [2.45, 2.75) is 18.9 Å². The molecule has 0 unspecified atom stereocenters. The lowest BCUT2D eigenvalue weighted by atomic mass is 10.1. The van der Waals surface area contributed by atoms with Crippen molar-refractivity contribution in [3.8, 4) is 0 Å². The first-order chi connectivity index (χ1) is 9.76. The third-order valence-electron chi connectivity index (χ3n) is 3.68. The maximum Gasteiger partial charge on any atom is 0.203 e. The molecule has 1 fully saturated rings. The summed E-state index contributed by atoms with van der Waals surface area (Å²) in [7, 11) is 0. The van der Waals surface area contributed by atoms with E-state index in [0.717, 1.165) is 48.6 Å². The number of piperidine rings is 1. The van der Waals surface area contributed by atoms with Gasteiger partial charge in [0.25, 0.3) is 0 Å². The molecule has 2 aromatic rings. The van der Waals surface area contributed by atoms with E-state index < -0.39 is 0 Å². The monoisotopic (exact) mass is 276 g/mol. The van der Waals surface area contributed by atoms with Crippen molar-refractivity contribution in [3.63, 3.8) is 0 Å². The summed E-state index contributed by atoms with van der Waals surface area (Å²) < 4.78 is 5.57. The Morgan fingerprint density at radius 2 is 2.20 bits per heavy atom. The van der Waals surface area contributed by atoms with E-state index in [2.05, 4.69) is 14.9 Å². The summed E-state index contributed by atoms with van der Waals surface area (Å²) in [6, 6.07) is 5.70. The number of aromatic amines is 1. The van der Waals surface area contributed by atoms with Crippen LogP contribution in [0.2, 0.25) is 0 Å². The molecule has 4 N–H and O–H groups in total. The second-order valence-electron chi connectivity index (χ2n) is 5.12. The Bertz CT molecular complexity index is 576. The summed E-state index contributed by atoms with van der Waals surface area (Å²) in [6.45, 7) is 2.33. The lowest BCUT2D eigenvalue weighted by Crippen LogP contribution is -2.37. The molecule has 0 amide bonds. The number of rotatable bonds is 4. The zero-order chi connectivity index (χ0) is 13.9. The summed E-state index contributed by atoms with van der Waals surface area (Å²) in [5.41, 5.74) is 8.43. The molecular formula is C14H20N4O2. The first kappa shape index (κ1) is 13.2. The van der Waals surface area contributed by atoms with Gasteiger partial charge in [-0.15, -0.1) is 0 Å². The predicted octanol–water partition coefficient (Wildman–Crippen LogP) is 1.12. The van der Waals surface area contributed by atoms with Gasteiger partial charge in [0.05, 0.1) is 30.4 Å². The van der Waals surface area contributed by atoms with Crippen LogP contribution in [0.4, 0.5) is 11.6 Å². The number of ether oxygens (including phenoxy) is 1. The molecule has 3 rings (SSSR count). The average molecular weight is 276 g/mol. The fraction of sp³-hybridized carbons (Fsp3) is 0.500. The topological polar surface area (TPSA) is 87.4 Å². The molecule has 6 nitrogen and oxygen atoms in total. The van der Waals surface area contributed by atoms with Crippen LogP contribution in [-0.4, -0.2) is 47.5 Å². The van der Waals surface area contributed by atoms with Crippen LogP contribution in [0.5, 0.6) is 0 Å². The minimum Gasteiger partial charge on any atom is -0.399 e. The van der Waals surface area contributed by atoms with Gasteiger partial charge in [-0.2, -0.15) is 0 Å². The van der Waals surface area contributed by atoms with E-state index in [1.807, 2.05) is 18.2 Å². The smallest absolute Gasteiger partial charge is 0.203 e. The van der Waals surface area contributed by atoms with Gasteiger partial charge in [-0.1, -0.05) is 0 Å². The van der Waals surface area contributed by atoms with Crippen molar-refractivity contribution < 1.29 is 9.84 Å². The van der Waals surface area contributed by atoms with E-state index in [-0.39, 0.29) is 12.7 Å². The lowest BCUT2D eigenvalue weighted by Gasteiger charge is -2.31. The van der Waals surface area contributed by atoms with Crippen molar-refractivity contribution in [3.05, 3.63) is 18.2 Å². The number of anilines is 2. The van der Waals surface area contributed by atoms with Gasteiger partial charge < -0.3 is 25.5 Å². The third kappa shape index (κ3) is 2.71. The molecular weight excluding hydrogens is 256 g/mol. The number of H-pyrrole nitrogens is 1. The molecule has 1 saturated heterocycles. The Balaban J connectivity index is 1.67. The summed E-state index contributed by atoms with van der Waals surface area (Å²) in [6.07, 6.45) is 2.16. The molecule has 108 valence electrons. The van der Waals surface area contributed by atoms with E-state index >= 15 is 0 Å². The molecule has 20 heavy (non-hydrogen) atoms. The number of aliphatic hydroxyl groups is 1. The van der Waals surface area contributed by atoms with Crippen molar-refractivity contribution in [2.24, 2.45) is 0 Å². The van der Waals surface area contributed by atoms with Crippen molar-refractivity contribution in [1.29, 1.82) is 0 Å². The molecule has 0 radical (unpaired) electrons. The summed E-state index contributed by atoms with van der Waals surface area (Å²) >= 11 is 0. The van der Waals surface area contributed by atoms with Crippen molar-refractivity contribution in [1.82, 2.24) is 9.97 Å². The number of benzene rings is 1. The fourth-order valence-electron chi connectivity index (χ4n) is 2.62. The molecule has 1 aromatic carbocycles. The first-order valence-electron chi connectivity index (χ1n) is 6.99. The number of aromatic nitrogens is 2. The number of hydrogen-bond acceptors (Lipinski definition) is 5. The Kier molecular flexibility index (Phi) is 3.75. The average Bonchev–Trinajstić information content (AvgIpc) is 2.88. The maximum atomic E-state index is 8.77. The molecule has 0 aliphatic carbocycles. The largest absolute Gasteiger partial charge is 0.399 e. The molecule has 1 aliphatic rings. The summed E-state index contributed by atoms with van der Waals surface area (Å²) in [5.74, 6) is 0.895. The first-order valence-corrected chi connectivity index (χ1v) is 6.99. The van der Waals surface area contributed by atoms with Gasteiger partial charge in [-0.05, 0) is 31.0 Å². The molecule has 1 aromatic heterocycles. The van der Waals surface area contributed by atoms with Crippen LogP contribution in [0.25, 0.3) is 11.0 Å². The Morgan fingerprint density at radius 1 is 1.40 bits per heavy atom. The minimum atomic E-state index is 0.0885. The number of hydrogen-bond donors (Lipinski definition) is 3. The second kappa shape index (κ2) is 5.68. The number of fused-ring (bicyclic) bond motifs is 1. The number of nitrogens with two attached hydrogens (primary N) is 1. The molecule has 0 saturated carbocycles. The molecule has 0 bridgehead atoms. The van der Waals surface area contributed by atoms with E-state index in [9.17, 15) is 0 Å². The molecule has 0 atom stereocenters. The Morgan fingerprint density at radius 3 is 2.95 bits per heavy atom. The number of imidazole rings is 1. The quantitative estimate of drug-likeness (QED) is 0.728. The fourth-order valence-corrected chi connectivity index (χ4v) is 2.62. The van der Waals surface area contributed by atoms with Crippen molar-refractivity contribution >= 4 is 22.7 Å².